The van der Waals surface area contributed by atoms with E-state index in [4.69, 9.17) is 5.11 Å². The van der Waals surface area contributed by atoms with Crippen molar-refractivity contribution in [2.24, 2.45) is 0 Å². The number of hydrogen-bond donors (Lipinski definition) is 2. The van der Waals surface area contributed by atoms with Gasteiger partial charge in [0.25, 0.3) is 5.91 Å². The van der Waals surface area contributed by atoms with Gasteiger partial charge in [0.05, 0.1) is 23.1 Å². The average Bonchev–Trinajstić information content (AvgIpc) is 2.91. The van der Waals surface area contributed by atoms with E-state index >= 15 is 0 Å². The number of anilines is 1. The van der Waals surface area contributed by atoms with Gasteiger partial charge in [0.15, 0.2) is 0 Å². The van der Waals surface area contributed by atoms with Crippen LogP contribution in [0.2, 0.25) is 0 Å². The molecule has 0 radical (unpaired) electrons. The lowest BCUT2D eigenvalue weighted by atomic mass is 10.2. The molecule has 0 atom stereocenters. The fraction of sp³-hybridized carbons (Fsp3) is 0.286. The molecule has 0 bridgehead atoms. The Kier molecular flexibility index (Phi) is 4.32. The van der Waals surface area contributed by atoms with Crippen molar-refractivity contribution in [3.8, 4) is 0 Å². The molecule has 0 fully saturated rings. The zero-order valence-corrected chi connectivity index (χ0v) is 11.8. The van der Waals surface area contributed by atoms with Crippen LogP contribution < -0.4 is 5.32 Å². The van der Waals surface area contributed by atoms with Gasteiger partial charge in [-0.2, -0.15) is 5.10 Å². The number of hydrogen-bond acceptors (Lipinski definition) is 4. The van der Waals surface area contributed by atoms with Crippen molar-refractivity contribution >= 4 is 17.6 Å². The number of carbonyl (C=O) groups excluding carboxylic acids is 1. The van der Waals surface area contributed by atoms with E-state index in [-0.39, 0.29) is 11.3 Å². The number of amides is 1. The van der Waals surface area contributed by atoms with Crippen LogP contribution in [0.25, 0.3) is 0 Å². The number of aryl methyl sites for hydroxylation is 2. The lowest BCUT2D eigenvalue weighted by Crippen LogP contribution is -2.19. The molecule has 0 unspecified atom stereocenters. The SMILES string of the molecule is CCc1cc(C(=O)Nc2cnccc2C(=O)O)n(CC)n1. The zero-order chi connectivity index (χ0) is 15.4. The van der Waals surface area contributed by atoms with Crippen molar-refractivity contribution in [3.63, 3.8) is 0 Å². The molecule has 0 aromatic carbocycles. The number of carboxylic acid groups (broad SMARTS) is 1. The Morgan fingerprint density at radius 1 is 1.38 bits per heavy atom. The second kappa shape index (κ2) is 6.17. The Bertz CT molecular complexity index is 679. The molecule has 0 aliphatic rings. The summed E-state index contributed by atoms with van der Waals surface area (Å²) >= 11 is 0. The third-order valence-corrected chi connectivity index (χ3v) is 3.02. The Hall–Kier alpha value is -2.70. The first-order valence-electron chi connectivity index (χ1n) is 6.62. The lowest BCUT2D eigenvalue weighted by Gasteiger charge is -2.08. The summed E-state index contributed by atoms with van der Waals surface area (Å²) in [6.07, 6.45) is 3.40. The second-order valence-corrected chi connectivity index (χ2v) is 4.37. The molecule has 0 saturated carbocycles. The first kappa shape index (κ1) is 14.7. The first-order valence-corrected chi connectivity index (χ1v) is 6.62. The molecule has 2 N–H and O–H groups in total. The number of rotatable bonds is 5. The number of carboxylic acids is 1. The maximum absolute atomic E-state index is 12.3. The Labute approximate surface area is 121 Å². The van der Waals surface area contributed by atoms with E-state index in [0.29, 0.717) is 12.2 Å². The predicted octanol–water partition coefficient (Wildman–Crippen LogP) is 1.81. The maximum Gasteiger partial charge on any atom is 0.337 e. The molecule has 2 aromatic rings. The van der Waals surface area contributed by atoms with Gasteiger partial charge >= 0.3 is 5.97 Å². The predicted molar refractivity (Wildman–Crippen MR) is 76.4 cm³/mol. The van der Waals surface area contributed by atoms with Crippen molar-refractivity contribution in [1.82, 2.24) is 14.8 Å². The highest BCUT2D eigenvalue weighted by molar-refractivity contribution is 6.06. The van der Waals surface area contributed by atoms with E-state index < -0.39 is 11.9 Å². The molecule has 0 aliphatic carbocycles. The summed E-state index contributed by atoms with van der Waals surface area (Å²) in [7, 11) is 0. The Morgan fingerprint density at radius 2 is 2.14 bits per heavy atom. The van der Waals surface area contributed by atoms with E-state index in [2.05, 4.69) is 15.4 Å². The first-order chi connectivity index (χ1) is 10.1. The van der Waals surface area contributed by atoms with Crippen molar-refractivity contribution < 1.29 is 14.7 Å². The molecule has 0 aliphatic heterocycles. The summed E-state index contributed by atoms with van der Waals surface area (Å²) in [6, 6.07) is 3.04. The van der Waals surface area contributed by atoms with Gasteiger partial charge in [-0.05, 0) is 25.5 Å². The Morgan fingerprint density at radius 3 is 2.76 bits per heavy atom. The van der Waals surface area contributed by atoms with Gasteiger partial charge in [-0.25, -0.2) is 4.79 Å². The van der Waals surface area contributed by atoms with Crippen molar-refractivity contribution in [2.45, 2.75) is 26.8 Å². The fourth-order valence-corrected chi connectivity index (χ4v) is 1.93. The van der Waals surface area contributed by atoms with Crippen LogP contribution in [0.15, 0.2) is 24.5 Å². The van der Waals surface area contributed by atoms with Crippen LogP contribution in [-0.2, 0) is 13.0 Å². The minimum atomic E-state index is -1.12. The van der Waals surface area contributed by atoms with Gasteiger partial charge < -0.3 is 10.4 Å². The number of aromatic nitrogens is 3. The van der Waals surface area contributed by atoms with E-state index in [1.807, 2.05) is 13.8 Å². The highest BCUT2D eigenvalue weighted by Crippen LogP contribution is 2.15. The van der Waals surface area contributed by atoms with Crippen molar-refractivity contribution in [3.05, 3.63) is 41.5 Å². The van der Waals surface area contributed by atoms with Crippen LogP contribution in [0.4, 0.5) is 5.69 Å². The van der Waals surface area contributed by atoms with E-state index in [9.17, 15) is 9.59 Å². The topological polar surface area (TPSA) is 97.1 Å². The number of carbonyl (C=O) groups is 2. The third-order valence-electron chi connectivity index (χ3n) is 3.02. The van der Waals surface area contributed by atoms with Crippen LogP contribution in [-0.4, -0.2) is 31.7 Å². The van der Waals surface area contributed by atoms with Crippen molar-refractivity contribution in [1.29, 1.82) is 0 Å². The summed E-state index contributed by atoms with van der Waals surface area (Å²) in [4.78, 5) is 27.3. The number of nitrogens with zero attached hydrogens (tertiary/aromatic N) is 3. The van der Waals surface area contributed by atoms with Crippen LogP contribution in [0, 0.1) is 0 Å². The zero-order valence-electron chi connectivity index (χ0n) is 11.8. The molecule has 7 heteroatoms. The second-order valence-electron chi connectivity index (χ2n) is 4.37. The maximum atomic E-state index is 12.3. The van der Waals surface area contributed by atoms with Gasteiger partial charge in [0.1, 0.15) is 5.69 Å². The molecule has 1 amide bonds. The summed E-state index contributed by atoms with van der Waals surface area (Å²) < 4.78 is 1.59. The summed E-state index contributed by atoms with van der Waals surface area (Å²) in [5.41, 5.74) is 1.37. The molecule has 0 spiro atoms. The quantitative estimate of drug-likeness (QED) is 0.874. The molecule has 110 valence electrons. The van der Waals surface area contributed by atoms with Gasteiger partial charge in [0.2, 0.25) is 0 Å². The minimum absolute atomic E-state index is 0.00312. The normalized spacial score (nSPS) is 10.4. The van der Waals surface area contributed by atoms with Gasteiger partial charge in [-0.3, -0.25) is 14.5 Å². The van der Waals surface area contributed by atoms with E-state index in [0.717, 1.165) is 12.1 Å². The molecule has 7 nitrogen and oxygen atoms in total. The number of pyridine rings is 1. The standard InChI is InChI=1S/C14H16N4O3/c1-3-9-7-12(18(4-2)17-9)13(19)16-11-8-15-6-5-10(11)14(20)21/h5-8H,3-4H2,1-2H3,(H,16,19)(H,20,21). The van der Waals surface area contributed by atoms with Gasteiger partial charge in [0, 0.05) is 12.7 Å². The molecule has 2 heterocycles. The van der Waals surface area contributed by atoms with Crippen LogP contribution in [0.5, 0.6) is 0 Å². The largest absolute Gasteiger partial charge is 0.478 e. The summed E-state index contributed by atoms with van der Waals surface area (Å²) in [5, 5.41) is 16.0. The highest BCUT2D eigenvalue weighted by Gasteiger charge is 2.17. The highest BCUT2D eigenvalue weighted by atomic mass is 16.4. The van der Waals surface area contributed by atoms with Crippen LogP contribution in [0.1, 0.15) is 40.4 Å². The Balaban J connectivity index is 2.30. The fourth-order valence-electron chi connectivity index (χ4n) is 1.93. The van der Waals surface area contributed by atoms with Crippen LogP contribution in [0.3, 0.4) is 0 Å². The smallest absolute Gasteiger partial charge is 0.337 e. The van der Waals surface area contributed by atoms with E-state index in [1.165, 1.54) is 18.5 Å². The van der Waals surface area contributed by atoms with Crippen LogP contribution >= 0.6 is 0 Å². The van der Waals surface area contributed by atoms with Gasteiger partial charge in [-0.1, -0.05) is 6.92 Å². The molecule has 2 rings (SSSR count). The third kappa shape index (κ3) is 3.07. The monoisotopic (exact) mass is 288 g/mol. The summed E-state index contributed by atoms with van der Waals surface area (Å²) in [5.74, 6) is -1.52. The van der Waals surface area contributed by atoms with E-state index in [1.54, 1.807) is 10.7 Å². The molecular weight excluding hydrogens is 272 g/mol. The average molecular weight is 288 g/mol. The van der Waals surface area contributed by atoms with Gasteiger partial charge in [-0.15, -0.1) is 0 Å². The summed E-state index contributed by atoms with van der Waals surface area (Å²) in [6.45, 7) is 4.39. The molecule has 2 aromatic heterocycles. The number of nitrogens with one attached hydrogen (secondary N) is 1. The molecule has 0 saturated heterocycles. The minimum Gasteiger partial charge on any atom is -0.478 e. The lowest BCUT2D eigenvalue weighted by molar-refractivity contribution is 0.0698. The number of aromatic carboxylic acids is 1. The molecular formula is C14H16N4O3. The molecule has 21 heavy (non-hydrogen) atoms. The van der Waals surface area contributed by atoms with Crippen molar-refractivity contribution in [2.75, 3.05) is 5.32 Å².